The van der Waals surface area contributed by atoms with E-state index >= 15 is 0 Å². The Bertz CT molecular complexity index is 564. The van der Waals surface area contributed by atoms with Crippen LogP contribution in [-0.4, -0.2) is 0 Å². The molecule has 0 amide bonds. The normalized spacial score (nSPS) is 18.3. The Morgan fingerprint density at radius 3 is 2.89 bits per heavy atom. The van der Waals surface area contributed by atoms with Crippen molar-refractivity contribution in [2.45, 2.75) is 31.8 Å². The van der Waals surface area contributed by atoms with Crippen molar-refractivity contribution in [1.29, 1.82) is 0 Å². The van der Waals surface area contributed by atoms with Crippen molar-refractivity contribution in [2.24, 2.45) is 0 Å². The SMILES string of the molecule is Clc1ccc(CNC2CCCc3sc(I)cc32)cc1. The van der Waals surface area contributed by atoms with E-state index in [2.05, 4.69) is 46.1 Å². The Labute approximate surface area is 136 Å². The molecule has 3 rings (SSSR count). The van der Waals surface area contributed by atoms with E-state index in [-0.39, 0.29) is 0 Å². The second-order valence-electron chi connectivity index (χ2n) is 4.88. The summed E-state index contributed by atoms with van der Waals surface area (Å²) in [7, 11) is 0. The summed E-state index contributed by atoms with van der Waals surface area (Å²) in [5, 5.41) is 4.49. The summed E-state index contributed by atoms with van der Waals surface area (Å²) in [5.74, 6) is 0. The van der Waals surface area contributed by atoms with Crippen molar-refractivity contribution < 1.29 is 0 Å². The predicted octanol–water partition coefficient (Wildman–Crippen LogP) is 5.17. The summed E-state index contributed by atoms with van der Waals surface area (Å²) in [5.41, 5.74) is 2.82. The molecule has 100 valence electrons. The van der Waals surface area contributed by atoms with Crippen molar-refractivity contribution in [3.8, 4) is 0 Å². The molecule has 1 nitrogen and oxygen atoms in total. The molecule has 0 saturated carbocycles. The third-order valence-electron chi connectivity index (χ3n) is 3.55. The van der Waals surface area contributed by atoms with E-state index in [4.69, 9.17) is 11.6 Å². The highest BCUT2D eigenvalue weighted by atomic mass is 127. The van der Waals surface area contributed by atoms with Gasteiger partial charge in [-0.3, -0.25) is 0 Å². The van der Waals surface area contributed by atoms with Crippen LogP contribution in [0.1, 0.15) is 34.9 Å². The second-order valence-corrected chi connectivity index (χ2v) is 8.35. The van der Waals surface area contributed by atoms with Crippen LogP contribution in [0.25, 0.3) is 0 Å². The number of halogens is 2. The fourth-order valence-corrected chi connectivity index (χ4v) is 4.82. The van der Waals surface area contributed by atoms with Gasteiger partial charge in [-0.25, -0.2) is 0 Å². The number of hydrogen-bond acceptors (Lipinski definition) is 2. The Hall–Kier alpha value is -0.100. The first-order chi connectivity index (χ1) is 9.22. The van der Waals surface area contributed by atoms with Crippen molar-refractivity contribution in [2.75, 3.05) is 0 Å². The zero-order valence-corrected chi connectivity index (χ0v) is 14.2. The number of hydrogen-bond donors (Lipinski definition) is 1. The lowest BCUT2D eigenvalue weighted by Gasteiger charge is -2.23. The third kappa shape index (κ3) is 3.32. The monoisotopic (exact) mass is 403 g/mol. The van der Waals surface area contributed by atoms with E-state index < -0.39 is 0 Å². The van der Waals surface area contributed by atoms with E-state index in [1.807, 2.05) is 23.5 Å². The standard InChI is InChI=1S/C15H15ClINS/c16-11-6-4-10(5-7-11)9-18-13-2-1-3-14-12(13)8-15(17)19-14/h4-8,13,18H,1-3,9H2. The second kappa shape index (κ2) is 6.12. The van der Waals surface area contributed by atoms with Crippen LogP contribution in [0.2, 0.25) is 5.02 Å². The van der Waals surface area contributed by atoms with E-state index in [1.165, 1.54) is 33.3 Å². The first-order valence-corrected chi connectivity index (χ1v) is 8.75. The van der Waals surface area contributed by atoms with E-state index in [0.29, 0.717) is 6.04 Å². The van der Waals surface area contributed by atoms with Crippen LogP contribution >= 0.6 is 45.5 Å². The quantitative estimate of drug-likeness (QED) is 0.697. The van der Waals surface area contributed by atoms with Gasteiger partial charge in [-0.1, -0.05) is 23.7 Å². The molecule has 1 N–H and O–H groups in total. The van der Waals surface area contributed by atoms with Crippen LogP contribution in [0.5, 0.6) is 0 Å². The van der Waals surface area contributed by atoms with Gasteiger partial charge in [-0.15, -0.1) is 11.3 Å². The van der Waals surface area contributed by atoms with Crippen LogP contribution in [0.3, 0.4) is 0 Å². The minimum absolute atomic E-state index is 0.513. The van der Waals surface area contributed by atoms with Gasteiger partial charge in [0, 0.05) is 22.5 Å². The molecule has 1 unspecified atom stereocenters. The molecular weight excluding hydrogens is 389 g/mol. The number of rotatable bonds is 3. The summed E-state index contributed by atoms with van der Waals surface area (Å²) in [6.45, 7) is 0.910. The zero-order chi connectivity index (χ0) is 13.2. The summed E-state index contributed by atoms with van der Waals surface area (Å²) in [6.07, 6.45) is 3.79. The van der Waals surface area contributed by atoms with Crippen molar-refractivity contribution >= 4 is 45.5 Å². The fourth-order valence-electron chi connectivity index (χ4n) is 2.58. The molecule has 2 aromatic rings. The van der Waals surface area contributed by atoms with E-state index in [1.54, 1.807) is 4.88 Å². The predicted molar refractivity (Wildman–Crippen MR) is 91.0 cm³/mol. The molecule has 0 spiro atoms. The Morgan fingerprint density at radius 1 is 1.32 bits per heavy atom. The molecule has 1 aromatic heterocycles. The average Bonchev–Trinajstić information content (AvgIpc) is 2.79. The summed E-state index contributed by atoms with van der Waals surface area (Å²) in [4.78, 5) is 1.57. The van der Waals surface area contributed by atoms with Crippen molar-refractivity contribution in [1.82, 2.24) is 5.32 Å². The summed E-state index contributed by atoms with van der Waals surface area (Å²) in [6, 6.07) is 11.0. The number of thiophene rings is 1. The first kappa shape index (κ1) is 13.9. The Kier molecular flexibility index (Phi) is 4.47. The minimum Gasteiger partial charge on any atom is -0.306 e. The fraction of sp³-hybridized carbons (Fsp3) is 0.333. The highest BCUT2D eigenvalue weighted by Gasteiger charge is 2.21. The van der Waals surface area contributed by atoms with Crippen LogP contribution in [-0.2, 0) is 13.0 Å². The van der Waals surface area contributed by atoms with Gasteiger partial charge in [0.25, 0.3) is 0 Å². The van der Waals surface area contributed by atoms with Crippen LogP contribution < -0.4 is 5.32 Å². The average molecular weight is 404 g/mol. The van der Waals surface area contributed by atoms with Crippen LogP contribution in [0.15, 0.2) is 30.3 Å². The molecule has 1 heterocycles. The van der Waals surface area contributed by atoms with Crippen molar-refractivity contribution in [3.05, 3.63) is 54.2 Å². The molecule has 0 fully saturated rings. The lowest BCUT2D eigenvalue weighted by molar-refractivity contribution is 0.463. The lowest BCUT2D eigenvalue weighted by atomic mass is 9.94. The van der Waals surface area contributed by atoms with Gasteiger partial charge in [0.15, 0.2) is 0 Å². The highest BCUT2D eigenvalue weighted by molar-refractivity contribution is 14.1. The topological polar surface area (TPSA) is 12.0 Å². The Balaban J connectivity index is 1.69. The van der Waals surface area contributed by atoms with Crippen molar-refractivity contribution in [3.63, 3.8) is 0 Å². The maximum absolute atomic E-state index is 5.91. The number of nitrogens with one attached hydrogen (secondary N) is 1. The van der Waals surface area contributed by atoms with Crippen LogP contribution in [0.4, 0.5) is 0 Å². The van der Waals surface area contributed by atoms with Gasteiger partial charge in [-0.05, 0) is 71.2 Å². The van der Waals surface area contributed by atoms with Gasteiger partial charge in [-0.2, -0.15) is 0 Å². The molecule has 1 aliphatic rings. The van der Waals surface area contributed by atoms with E-state index in [9.17, 15) is 0 Å². The Morgan fingerprint density at radius 2 is 2.11 bits per heavy atom. The summed E-state index contributed by atoms with van der Waals surface area (Å²) >= 11 is 10.3. The molecule has 1 aromatic carbocycles. The van der Waals surface area contributed by atoms with Gasteiger partial charge < -0.3 is 5.32 Å². The lowest BCUT2D eigenvalue weighted by Crippen LogP contribution is -2.23. The maximum atomic E-state index is 5.91. The third-order valence-corrected chi connectivity index (χ3v) is 5.77. The molecule has 0 saturated heterocycles. The molecule has 0 aliphatic heterocycles. The largest absolute Gasteiger partial charge is 0.306 e. The molecule has 0 bridgehead atoms. The molecule has 1 atom stereocenters. The zero-order valence-electron chi connectivity index (χ0n) is 10.5. The number of aryl methyl sites for hydroxylation is 1. The minimum atomic E-state index is 0.513. The van der Waals surface area contributed by atoms with Crippen LogP contribution in [0, 0.1) is 2.88 Å². The van der Waals surface area contributed by atoms with Gasteiger partial charge in [0.1, 0.15) is 0 Å². The van der Waals surface area contributed by atoms with Gasteiger partial charge in [0.2, 0.25) is 0 Å². The maximum Gasteiger partial charge on any atom is 0.0659 e. The van der Waals surface area contributed by atoms with Gasteiger partial charge >= 0.3 is 0 Å². The molecule has 4 heteroatoms. The molecule has 0 radical (unpaired) electrons. The molecule has 1 aliphatic carbocycles. The molecular formula is C15H15ClINS. The number of fused-ring (bicyclic) bond motifs is 1. The summed E-state index contributed by atoms with van der Waals surface area (Å²) < 4.78 is 1.41. The highest BCUT2D eigenvalue weighted by Crippen LogP contribution is 2.36. The molecule has 19 heavy (non-hydrogen) atoms. The smallest absolute Gasteiger partial charge is 0.0659 e. The number of benzene rings is 1. The van der Waals surface area contributed by atoms with E-state index in [0.717, 1.165) is 11.6 Å². The van der Waals surface area contributed by atoms with Gasteiger partial charge in [0.05, 0.1) is 2.88 Å². The first-order valence-electron chi connectivity index (χ1n) is 6.48.